The number of nitrogens with zero attached hydrogens (tertiary/aromatic N) is 4. The molecule has 0 aromatic carbocycles. The molecule has 1 saturated heterocycles. The van der Waals surface area contributed by atoms with Gasteiger partial charge in [0.25, 0.3) is 0 Å². The molecule has 0 radical (unpaired) electrons. The van der Waals surface area contributed by atoms with E-state index in [4.69, 9.17) is 4.74 Å². The molecule has 150 valence electrons. The number of nitrogens with one attached hydrogen (secondary N) is 1. The third-order valence-corrected chi connectivity index (χ3v) is 4.53. The molecule has 8 heteroatoms. The van der Waals surface area contributed by atoms with Crippen molar-refractivity contribution in [3.8, 4) is 5.82 Å². The lowest BCUT2D eigenvalue weighted by Crippen LogP contribution is -2.47. The first-order valence-electron chi connectivity index (χ1n) is 9.47. The summed E-state index contributed by atoms with van der Waals surface area (Å²) in [6.07, 6.45) is 6.26. The molecule has 1 N–H and O–H groups in total. The zero-order chi connectivity index (χ0) is 20.3. The van der Waals surface area contributed by atoms with Gasteiger partial charge in [0.2, 0.25) is 5.91 Å². The Balaban J connectivity index is 1.62. The van der Waals surface area contributed by atoms with Gasteiger partial charge in [-0.15, -0.1) is 0 Å². The molecule has 3 heterocycles. The van der Waals surface area contributed by atoms with Crippen LogP contribution in [0.4, 0.5) is 4.79 Å². The summed E-state index contributed by atoms with van der Waals surface area (Å²) < 4.78 is 7.30. The maximum Gasteiger partial charge on any atom is 0.410 e. The van der Waals surface area contributed by atoms with Gasteiger partial charge in [-0.3, -0.25) is 14.3 Å². The summed E-state index contributed by atoms with van der Waals surface area (Å²) in [6.45, 7) is 8.26. The van der Waals surface area contributed by atoms with Crippen molar-refractivity contribution in [3.63, 3.8) is 0 Å². The zero-order valence-corrected chi connectivity index (χ0v) is 16.8. The lowest BCUT2D eigenvalue weighted by atomic mass is 10.2. The van der Waals surface area contributed by atoms with Gasteiger partial charge >= 0.3 is 6.09 Å². The molecular formula is C20H27N5O3. The van der Waals surface area contributed by atoms with Crippen LogP contribution in [-0.4, -0.2) is 49.6 Å². The Labute approximate surface area is 164 Å². The largest absolute Gasteiger partial charge is 0.444 e. The van der Waals surface area contributed by atoms with E-state index in [0.29, 0.717) is 19.5 Å². The van der Waals surface area contributed by atoms with Crippen molar-refractivity contribution in [2.45, 2.75) is 58.7 Å². The number of likely N-dealkylation sites (tertiary alicyclic amines) is 1. The van der Waals surface area contributed by atoms with Gasteiger partial charge in [0.1, 0.15) is 23.3 Å². The number of hydrogen-bond acceptors (Lipinski definition) is 5. The predicted molar refractivity (Wildman–Crippen MR) is 104 cm³/mol. The highest BCUT2D eigenvalue weighted by Crippen LogP contribution is 2.21. The van der Waals surface area contributed by atoms with Crippen LogP contribution < -0.4 is 5.32 Å². The van der Waals surface area contributed by atoms with Gasteiger partial charge in [-0.05, 0) is 58.2 Å². The van der Waals surface area contributed by atoms with E-state index in [2.05, 4.69) is 15.3 Å². The van der Waals surface area contributed by atoms with Gasteiger partial charge in [0.15, 0.2) is 0 Å². The topological polar surface area (TPSA) is 89.4 Å². The van der Waals surface area contributed by atoms with Crippen molar-refractivity contribution in [1.82, 2.24) is 24.8 Å². The van der Waals surface area contributed by atoms with Crippen LogP contribution in [0.15, 0.2) is 30.7 Å². The second-order valence-corrected chi connectivity index (χ2v) is 7.92. The monoisotopic (exact) mass is 385 g/mol. The Bertz CT molecular complexity index is 856. The molecule has 1 atom stereocenters. The Morgan fingerprint density at radius 3 is 2.75 bits per heavy atom. The van der Waals surface area contributed by atoms with Crippen LogP contribution in [0.25, 0.3) is 5.82 Å². The smallest absolute Gasteiger partial charge is 0.410 e. The van der Waals surface area contributed by atoms with E-state index in [-0.39, 0.29) is 5.91 Å². The Morgan fingerprint density at radius 2 is 2.07 bits per heavy atom. The number of imidazole rings is 1. The number of aromatic nitrogens is 3. The third-order valence-electron chi connectivity index (χ3n) is 4.53. The molecule has 0 bridgehead atoms. The normalized spacial score (nSPS) is 16.9. The van der Waals surface area contributed by atoms with Crippen LogP contribution in [0, 0.1) is 6.92 Å². The number of carbonyl (C=O) groups excluding carboxylic acids is 2. The van der Waals surface area contributed by atoms with Crippen molar-refractivity contribution in [2.75, 3.05) is 6.54 Å². The average molecular weight is 385 g/mol. The Hall–Kier alpha value is -2.90. The average Bonchev–Trinajstić information content (AvgIpc) is 3.27. The number of hydrogen-bond donors (Lipinski definition) is 1. The summed E-state index contributed by atoms with van der Waals surface area (Å²) in [4.78, 5) is 35.1. The van der Waals surface area contributed by atoms with Gasteiger partial charge in [0.05, 0.1) is 0 Å². The van der Waals surface area contributed by atoms with Crippen LogP contribution in [0.3, 0.4) is 0 Å². The molecule has 2 aromatic heterocycles. The minimum Gasteiger partial charge on any atom is -0.444 e. The molecule has 2 aromatic rings. The number of pyridine rings is 1. The number of aryl methyl sites for hydroxylation is 1. The fourth-order valence-electron chi connectivity index (χ4n) is 3.21. The molecule has 0 saturated carbocycles. The summed E-state index contributed by atoms with van der Waals surface area (Å²) in [5.74, 6) is 1.42. The molecule has 8 nitrogen and oxygen atoms in total. The molecule has 1 aliphatic rings. The predicted octanol–water partition coefficient (Wildman–Crippen LogP) is 2.59. The quantitative estimate of drug-likeness (QED) is 0.874. The summed E-state index contributed by atoms with van der Waals surface area (Å²) >= 11 is 0. The molecule has 1 aliphatic heterocycles. The van der Waals surface area contributed by atoms with Gasteiger partial charge in [-0.2, -0.15) is 0 Å². The first-order chi connectivity index (χ1) is 13.2. The number of carbonyl (C=O) groups is 2. The lowest BCUT2D eigenvalue weighted by molar-refractivity contribution is -0.125. The van der Waals surface area contributed by atoms with E-state index < -0.39 is 17.7 Å². The van der Waals surface area contributed by atoms with Gasteiger partial charge in [-0.25, -0.2) is 14.8 Å². The summed E-state index contributed by atoms with van der Waals surface area (Å²) in [5.41, 5.74) is 0.341. The minimum absolute atomic E-state index is 0.166. The van der Waals surface area contributed by atoms with E-state index >= 15 is 0 Å². The van der Waals surface area contributed by atoms with Crippen LogP contribution in [0.2, 0.25) is 0 Å². The zero-order valence-electron chi connectivity index (χ0n) is 16.8. The maximum atomic E-state index is 12.7. The Kier molecular flexibility index (Phi) is 5.67. The Morgan fingerprint density at radius 1 is 1.29 bits per heavy atom. The highest BCUT2D eigenvalue weighted by Gasteiger charge is 2.36. The minimum atomic E-state index is -0.584. The standard InChI is InChI=1S/C20H27N5O3/c1-14-21-9-11-24(14)17-12-15(7-8-22-17)13-23-18(26)16-6-5-10-25(16)19(27)28-20(2,3)4/h7-9,11-12,16H,5-6,10,13H2,1-4H3,(H,23,26)/t16-/m0/s1. The van der Waals surface area contributed by atoms with Gasteiger partial charge in [0, 0.05) is 31.7 Å². The third kappa shape index (κ3) is 4.68. The van der Waals surface area contributed by atoms with E-state index in [1.807, 2.05) is 50.6 Å². The van der Waals surface area contributed by atoms with Crippen molar-refractivity contribution in [3.05, 3.63) is 42.1 Å². The molecule has 28 heavy (non-hydrogen) atoms. The lowest BCUT2D eigenvalue weighted by Gasteiger charge is -2.28. The molecule has 1 fully saturated rings. The van der Waals surface area contributed by atoms with Crippen LogP contribution in [0.1, 0.15) is 45.0 Å². The summed E-state index contributed by atoms with van der Waals surface area (Å²) in [6, 6.07) is 3.28. The molecular weight excluding hydrogens is 358 g/mol. The second-order valence-electron chi connectivity index (χ2n) is 7.92. The SMILES string of the molecule is Cc1nccn1-c1cc(CNC(=O)[C@@H]2CCCN2C(=O)OC(C)(C)C)ccn1. The fraction of sp³-hybridized carbons (Fsp3) is 0.500. The van der Waals surface area contributed by atoms with Crippen molar-refractivity contribution in [1.29, 1.82) is 0 Å². The van der Waals surface area contributed by atoms with Crippen LogP contribution in [0.5, 0.6) is 0 Å². The van der Waals surface area contributed by atoms with Crippen LogP contribution in [-0.2, 0) is 16.1 Å². The molecule has 0 aliphatic carbocycles. The van der Waals surface area contributed by atoms with E-state index in [1.165, 1.54) is 4.90 Å². The number of amides is 2. The van der Waals surface area contributed by atoms with Crippen molar-refractivity contribution < 1.29 is 14.3 Å². The first-order valence-corrected chi connectivity index (χ1v) is 9.47. The molecule has 0 unspecified atom stereocenters. The van der Waals surface area contributed by atoms with Gasteiger partial charge in [-0.1, -0.05) is 0 Å². The highest BCUT2D eigenvalue weighted by molar-refractivity contribution is 5.86. The summed E-state index contributed by atoms with van der Waals surface area (Å²) in [7, 11) is 0. The second kappa shape index (κ2) is 8.00. The van der Waals surface area contributed by atoms with E-state index in [1.54, 1.807) is 12.4 Å². The van der Waals surface area contributed by atoms with Crippen LogP contribution >= 0.6 is 0 Å². The number of ether oxygens (including phenoxy) is 1. The molecule has 2 amide bonds. The fourth-order valence-corrected chi connectivity index (χ4v) is 3.21. The summed E-state index contributed by atoms with van der Waals surface area (Å²) in [5, 5.41) is 2.93. The highest BCUT2D eigenvalue weighted by atomic mass is 16.6. The maximum absolute atomic E-state index is 12.7. The number of rotatable bonds is 4. The van der Waals surface area contributed by atoms with E-state index in [9.17, 15) is 9.59 Å². The first kappa shape index (κ1) is 19.9. The van der Waals surface area contributed by atoms with E-state index in [0.717, 1.165) is 23.6 Å². The molecule has 0 spiro atoms. The van der Waals surface area contributed by atoms with Crippen molar-refractivity contribution >= 4 is 12.0 Å². The molecule has 3 rings (SSSR count). The van der Waals surface area contributed by atoms with Crippen molar-refractivity contribution in [2.24, 2.45) is 0 Å². The van der Waals surface area contributed by atoms with Gasteiger partial charge < -0.3 is 10.1 Å².